The monoisotopic (exact) mass is 336 g/mol. The Bertz CT molecular complexity index is 762. The minimum absolute atomic E-state index is 0.216. The third kappa shape index (κ3) is 3.27. The molecule has 2 heterocycles. The van der Waals surface area contributed by atoms with Crippen LogP contribution in [0.25, 0.3) is 0 Å². The van der Waals surface area contributed by atoms with Crippen LogP contribution in [-0.4, -0.2) is 29.0 Å². The first-order valence-electron chi connectivity index (χ1n) is 9.00. The van der Waals surface area contributed by atoms with Crippen molar-refractivity contribution in [3.8, 4) is 5.75 Å². The van der Waals surface area contributed by atoms with Gasteiger partial charge in [-0.2, -0.15) is 0 Å². The summed E-state index contributed by atoms with van der Waals surface area (Å²) in [5.74, 6) is 0.517. The van der Waals surface area contributed by atoms with E-state index in [1.807, 2.05) is 18.2 Å². The Hall–Kier alpha value is -2.33. The summed E-state index contributed by atoms with van der Waals surface area (Å²) < 4.78 is 0. The van der Waals surface area contributed by atoms with Gasteiger partial charge in [0.05, 0.1) is 5.41 Å². The van der Waals surface area contributed by atoms with Crippen LogP contribution in [0.1, 0.15) is 29.5 Å². The summed E-state index contributed by atoms with van der Waals surface area (Å²) in [4.78, 5) is 15.2. The second kappa shape index (κ2) is 6.52. The summed E-state index contributed by atoms with van der Waals surface area (Å²) in [5.41, 5.74) is 3.49. The SMILES string of the molecule is O=C1NCc2ccccc2CC12CCN(Cc1ccc(O)cc1)CC2. The van der Waals surface area contributed by atoms with Crippen LogP contribution in [0.4, 0.5) is 0 Å². The lowest BCUT2D eigenvalue weighted by Gasteiger charge is -2.40. The number of hydrogen-bond donors (Lipinski definition) is 2. The number of nitrogens with zero attached hydrogens (tertiary/aromatic N) is 1. The number of carbonyl (C=O) groups excluding carboxylic acids is 1. The molecule has 2 aliphatic heterocycles. The quantitative estimate of drug-likeness (QED) is 0.887. The molecule has 2 aromatic rings. The zero-order chi connectivity index (χ0) is 17.3. The third-order valence-electron chi connectivity index (χ3n) is 5.72. The molecule has 25 heavy (non-hydrogen) atoms. The van der Waals surface area contributed by atoms with Crippen LogP contribution in [0.2, 0.25) is 0 Å². The fraction of sp³-hybridized carbons (Fsp3) is 0.381. The number of phenols is 1. The Morgan fingerprint density at radius 2 is 1.68 bits per heavy atom. The predicted molar refractivity (Wildman–Crippen MR) is 97.0 cm³/mol. The average Bonchev–Trinajstić information content (AvgIpc) is 2.77. The summed E-state index contributed by atoms with van der Waals surface area (Å²) in [6.45, 7) is 3.37. The van der Waals surface area contributed by atoms with Crippen LogP contribution < -0.4 is 5.32 Å². The maximum absolute atomic E-state index is 12.8. The van der Waals surface area contributed by atoms with E-state index in [9.17, 15) is 9.90 Å². The number of amides is 1. The highest BCUT2D eigenvalue weighted by Crippen LogP contribution is 2.38. The van der Waals surface area contributed by atoms with Crippen molar-refractivity contribution < 1.29 is 9.90 Å². The molecule has 4 nitrogen and oxygen atoms in total. The van der Waals surface area contributed by atoms with Gasteiger partial charge in [0.2, 0.25) is 5.91 Å². The summed E-state index contributed by atoms with van der Waals surface area (Å²) in [6, 6.07) is 15.8. The van der Waals surface area contributed by atoms with Crippen molar-refractivity contribution in [1.82, 2.24) is 10.2 Å². The topological polar surface area (TPSA) is 52.6 Å². The zero-order valence-electron chi connectivity index (χ0n) is 14.4. The Labute approximate surface area is 148 Å². The number of benzene rings is 2. The Morgan fingerprint density at radius 3 is 2.40 bits per heavy atom. The molecule has 0 bridgehead atoms. The van der Waals surface area contributed by atoms with Crippen LogP contribution in [0, 0.1) is 5.41 Å². The van der Waals surface area contributed by atoms with Crippen LogP contribution >= 0.6 is 0 Å². The van der Waals surface area contributed by atoms with Crippen molar-refractivity contribution in [2.24, 2.45) is 5.41 Å². The summed E-state index contributed by atoms with van der Waals surface area (Å²) in [6.07, 6.45) is 2.64. The van der Waals surface area contributed by atoms with Crippen molar-refractivity contribution in [2.45, 2.75) is 32.4 Å². The molecule has 4 heteroatoms. The van der Waals surface area contributed by atoms with Crippen molar-refractivity contribution in [3.63, 3.8) is 0 Å². The normalized spacial score (nSPS) is 19.9. The second-order valence-corrected chi connectivity index (χ2v) is 7.35. The minimum Gasteiger partial charge on any atom is -0.508 e. The van der Waals surface area contributed by atoms with Crippen molar-refractivity contribution >= 4 is 5.91 Å². The van der Waals surface area contributed by atoms with E-state index >= 15 is 0 Å². The van der Waals surface area contributed by atoms with Gasteiger partial charge in [-0.25, -0.2) is 0 Å². The number of phenolic OH excluding ortho intramolecular Hbond substituents is 1. The van der Waals surface area contributed by atoms with E-state index in [1.54, 1.807) is 12.1 Å². The maximum Gasteiger partial charge on any atom is 0.226 e. The molecule has 1 fully saturated rings. The molecule has 1 amide bonds. The molecule has 0 saturated carbocycles. The molecule has 1 saturated heterocycles. The van der Waals surface area contributed by atoms with E-state index in [-0.39, 0.29) is 11.3 Å². The molecule has 4 rings (SSSR count). The van der Waals surface area contributed by atoms with Crippen molar-refractivity contribution in [1.29, 1.82) is 0 Å². The first kappa shape index (κ1) is 16.2. The number of piperidine rings is 1. The molecule has 1 spiro atoms. The molecule has 2 aromatic carbocycles. The molecule has 0 aliphatic carbocycles. The highest BCUT2D eigenvalue weighted by molar-refractivity contribution is 5.83. The molecular formula is C21H24N2O2. The minimum atomic E-state index is -0.266. The molecule has 0 unspecified atom stereocenters. The van der Waals surface area contributed by atoms with Gasteiger partial charge in [-0.3, -0.25) is 9.69 Å². The van der Waals surface area contributed by atoms with E-state index in [4.69, 9.17) is 0 Å². The summed E-state index contributed by atoms with van der Waals surface area (Å²) in [5, 5.41) is 12.6. The lowest BCUT2D eigenvalue weighted by atomic mass is 9.73. The third-order valence-corrected chi connectivity index (χ3v) is 5.72. The van der Waals surface area contributed by atoms with Gasteiger partial charge in [-0.15, -0.1) is 0 Å². The molecule has 130 valence electrons. The fourth-order valence-corrected chi connectivity index (χ4v) is 4.11. The zero-order valence-corrected chi connectivity index (χ0v) is 14.4. The number of likely N-dealkylation sites (tertiary alicyclic amines) is 1. The highest BCUT2D eigenvalue weighted by atomic mass is 16.3. The number of fused-ring (bicyclic) bond motifs is 1. The summed E-state index contributed by atoms with van der Waals surface area (Å²) in [7, 11) is 0. The van der Waals surface area contributed by atoms with Gasteiger partial charge in [-0.05, 0) is 61.2 Å². The Morgan fingerprint density at radius 1 is 1.00 bits per heavy atom. The van der Waals surface area contributed by atoms with Crippen molar-refractivity contribution in [3.05, 3.63) is 65.2 Å². The van der Waals surface area contributed by atoms with E-state index in [0.29, 0.717) is 12.3 Å². The molecular weight excluding hydrogens is 312 g/mol. The number of aromatic hydroxyl groups is 1. The molecule has 2 aliphatic rings. The Kier molecular flexibility index (Phi) is 4.22. The van der Waals surface area contributed by atoms with Gasteiger partial charge >= 0.3 is 0 Å². The standard InChI is InChI=1S/C21H24N2O2/c24-19-7-5-16(6-8-19)15-23-11-9-21(10-12-23)13-17-3-1-2-4-18(17)14-22-20(21)25/h1-8,24H,9-15H2,(H,22,25). The van der Waals surface area contributed by atoms with Crippen LogP contribution in [0.5, 0.6) is 5.75 Å². The predicted octanol–water partition coefficient (Wildman–Crippen LogP) is 2.85. The fourth-order valence-electron chi connectivity index (χ4n) is 4.11. The van der Waals surface area contributed by atoms with Gasteiger partial charge in [0.25, 0.3) is 0 Å². The highest BCUT2D eigenvalue weighted by Gasteiger charge is 2.42. The number of rotatable bonds is 2. The van der Waals surface area contributed by atoms with Gasteiger partial charge in [0, 0.05) is 13.1 Å². The van der Waals surface area contributed by atoms with Crippen LogP contribution in [-0.2, 0) is 24.3 Å². The van der Waals surface area contributed by atoms with Gasteiger partial charge in [-0.1, -0.05) is 36.4 Å². The number of carbonyl (C=O) groups is 1. The largest absolute Gasteiger partial charge is 0.508 e. The van der Waals surface area contributed by atoms with Crippen molar-refractivity contribution in [2.75, 3.05) is 13.1 Å². The second-order valence-electron chi connectivity index (χ2n) is 7.35. The lowest BCUT2D eigenvalue weighted by Crippen LogP contribution is -2.48. The van der Waals surface area contributed by atoms with E-state index < -0.39 is 0 Å². The molecule has 0 aromatic heterocycles. The molecule has 0 atom stereocenters. The lowest BCUT2D eigenvalue weighted by molar-refractivity contribution is -0.133. The smallest absolute Gasteiger partial charge is 0.226 e. The first-order valence-corrected chi connectivity index (χ1v) is 9.00. The number of hydrogen-bond acceptors (Lipinski definition) is 3. The first-order chi connectivity index (χ1) is 12.1. The maximum atomic E-state index is 12.8. The summed E-state index contributed by atoms with van der Waals surface area (Å²) >= 11 is 0. The van der Waals surface area contributed by atoms with Crippen LogP contribution in [0.3, 0.4) is 0 Å². The van der Waals surface area contributed by atoms with Crippen LogP contribution in [0.15, 0.2) is 48.5 Å². The van der Waals surface area contributed by atoms with E-state index in [2.05, 4.69) is 28.4 Å². The Balaban J connectivity index is 1.46. The van der Waals surface area contributed by atoms with Gasteiger partial charge < -0.3 is 10.4 Å². The van der Waals surface area contributed by atoms with E-state index in [1.165, 1.54) is 16.7 Å². The van der Waals surface area contributed by atoms with E-state index in [0.717, 1.165) is 38.9 Å². The molecule has 2 N–H and O–H groups in total. The molecule has 0 radical (unpaired) electrons. The van der Waals surface area contributed by atoms with Gasteiger partial charge in [0.1, 0.15) is 5.75 Å². The van der Waals surface area contributed by atoms with Gasteiger partial charge in [0.15, 0.2) is 0 Å². The average molecular weight is 336 g/mol. The number of nitrogens with one attached hydrogen (secondary N) is 1.